The normalized spacial score (nSPS) is 19.2. The van der Waals surface area contributed by atoms with E-state index in [1.807, 2.05) is 0 Å². The van der Waals surface area contributed by atoms with Gasteiger partial charge in [0.25, 0.3) is 5.91 Å². The lowest BCUT2D eigenvalue weighted by molar-refractivity contribution is -0.577. The van der Waals surface area contributed by atoms with Gasteiger partial charge < -0.3 is 5.32 Å². The second-order valence-corrected chi connectivity index (χ2v) is 7.21. The zero-order chi connectivity index (χ0) is 35.3. The molecule has 1 amide bonds. The SMILES string of the molecule is C=CCNC(=O)C(F)(OC(F)(F)C(F)(OC(F)(F)C(F)(OC(F)(F)C(F)(F)C(F)(F)F)C(F)(F)F)C(F)(F)F)C(F)(F)F. The van der Waals surface area contributed by atoms with Crippen LogP contribution < -0.4 is 5.32 Å². The van der Waals surface area contributed by atoms with E-state index in [0.29, 0.717) is 5.32 Å². The Labute approximate surface area is 218 Å². The van der Waals surface area contributed by atoms with E-state index in [1.165, 1.54) is 0 Å². The van der Waals surface area contributed by atoms with Crippen LogP contribution in [0.15, 0.2) is 12.7 Å². The highest BCUT2D eigenvalue weighted by Crippen LogP contribution is 2.59. The first-order valence-electron chi connectivity index (χ1n) is 9.20. The highest BCUT2D eigenvalue weighted by atomic mass is 19.4. The molecule has 0 aliphatic heterocycles. The van der Waals surface area contributed by atoms with Crippen LogP contribution in [0, 0.1) is 0 Å². The third kappa shape index (κ3) is 7.08. The first-order valence-corrected chi connectivity index (χ1v) is 9.20. The predicted octanol–water partition coefficient (Wildman–Crippen LogP) is 7.00. The highest BCUT2D eigenvalue weighted by Gasteiger charge is 2.88. The maximum Gasteiger partial charge on any atom is 0.462 e. The van der Waals surface area contributed by atoms with Crippen LogP contribution in [-0.2, 0) is 19.0 Å². The van der Waals surface area contributed by atoms with Crippen molar-refractivity contribution in [3.8, 4) is 0 Å². The van der Waals surface area contributed by atoms with Gasteiger partial charge in [-0.1, -0.05) is 6.08 Å². The van der Waals surface area contributed by atoms with Gasteiger partial charge in [-0.15, -0.1) is 6.58 Å². The maximum atomic E-state index is 14.3. The summed E-state index contributed by atoms with van der Waals surface area (Å²) in [6, 6.07) is 0. The lowest BCUT2D eigenvalue weighted by Crippen LogP contribution is -2.71. The van der Waals surface area contributed by atoms with Gasteiger partial charge in [0, 0.05) is 6.54 Å². The molecule has 0 bridgehead atoms. The zero-order valence-electron chi connectivity index (χ0n) is 18.8. The van der Waals surface area contributed by atoms with Crippen molar-refractivity contribution >= 4 is 5.91 Å². The van der Waals surface area contributed by atoms with E-state index in [1.54, 1.807) is 4.74 Å². The lowest BCUT2D eigenvalue weighted by Gasteiger charge is -2.42. The summed E-state index contributed by atoms with van der Waals surface area (Å²) in [6.07, 6.45) is -57.2. The standard InChI is InChI=1S/C15H6F23NO4/c1-2-3-39-4(40)5(16,9(21,22)23)41-14(35,36)7(19,11(27,28)29)43-15(37,38)8(20,12(30,31)32)42-13(33,34)6(17,18)10(24,25)26/h2H,1,3H2,(H,39,40). The van der Waals surface area contributed by atoms with E-state index in [9.17, 15) is 106 Å². The molecule has 43 heavy (non-hydrogen) atoms. The van der Waals surface area contributed by atoms with Crippen molar-refractivity contribution in [2.45, 2.75) is 66.5 Å². The van der Waals surface area contributed by atoms with E-state index in [-0.39, 0.29) is 6.08 Å². The third-order valence-electron chi connectivity index (χ3n) is 4.07. The van der Waals surface area contributed by atoms with Crippen LogP contribution in [0.3, 0.4) is 0 Å². The molecule has 3 unspecified atom stereocenters. The molecule has 3 atom stereocenters. The maximum absolute atomic E-state index is 14.3. The molecule has 28 heteroatoms. The Morgan fingerprint density at radius 3 is 1.12 bits per heavy atom. The lowest BCUT2D eigenvalue weighted by atomic mass is 10.2. The Morgan fingerprint density at radius 2 is 0.837 bits per heavy atom. The fraction of sp³-hybridized carbons (Fsp3) is 0.800. The molecule has 5 nitrogen and oxygen atoms in total. The number of carbonyl (C=O) groups is 1. The molecular weight excluding hydrogens is 695 g/mol. The average Bonchev–Trinajstić information content (AvgIpc) is 2.72. The number of rotatable bonds is 12. The first kappa shape index (κ1) is 40.5. The van der Waals surface area contributed by atoms with E-state index >= 15 is 0 Å². The highest BCUT2D eigenvalue weighted by molar-refractivity contribution is 5.84. The summed E-state index contributed by atoms with van der Waals surface area (Å²) in [5.41, 5.74) is 0. The van der Waals surface area contributed by atoms with Crippen molar-refractivity contribution in [2.24, 2.45) is 0 Å². The van der Waals surface area contributed by atoms with Crippen molar-refractivity contribution in [2.75, 3.05) is 6.54 Å². The molecule has 1 N–H and O–H groups in total. The second kappa shape index (κ2) is 11.1. The molecule has 0 aromatic carbocycles. The molecule has 0 aliphatic carbocycles. The topological polar surface area (TPSA) is 56.8 Å². The summed E-state index contributed by atoms with van der Waals surface area (Å²) >= 11 is 0. The number of hydrogen-bond acceptors (Lipinski definition) is 4. The summed E-state index contributed by atoms with van der Waals surface area (Å²) in [7, 11) is 0. The molecule has 0 aromatic rings. The van der Waals surface area contributed by atoms with E-state index in [2.05, 4.69) is 6.58 Å². The van der Waals surface area contributed by atoms with Crippen LogP contribution in [0.2, 0.25) is 0 Å². The average molecular weight is 701 g/mol. The van der Waals surface area contributed by atoms with Crippen LogP contribution >= 0.6 is 0 Å². The fourth-order valence-electron chi connectivity index (χ4n) is 1.97. The predicted molar refractivity (Wildman–Crippen MR) is 82.0 cm³/mol. The molecule has 0 rings (SSSR count). The van der Waals surface area contributed by atoms with Gasteiger partial charge in [-0.3, -0.25) is 19.0 Å². The molecule has 0 aromatic heterocycles. The van der Waals surface area contributed by atoms with Crippen molar-refractivity contribution < 1.29 is 120 Å². The van der Waals surface area contributed by atoms with Gasteiger partial charge in [-0.2, -0.15) is 101 Å². The molecule has 0 fully saturated rings. The Kier molecular flexibility index (Phi) is 10.5. The van der Waals surface area contributed by atoms with Gasteiger partial charge in [0.2, 0.25) is 0 Å². The minimum absolute atomic E-state index is 0.279. The van der Waals surface area contributed by atoms with Crippen LogP contribution in [0.25, 0.3) is 0 Å². The number of amides is 1. The van der Waals surface area contributed by atoms with Crippen molar-refractivity contribution in [3.05, 3.63) is 12.7 Å². The Morgan fingerprint density at radius 1 is 0.512 bits per heavy atom. The Hall–Kier alpha value is -2.52. The molecule has 0 saturated heterocycles. The summed E-state index contributed by atoms with van der Waals surface area (Å²) in [5.74, 6) is -36.2. The monoisotopic (exact) mass is 701 g/mol. The van der Waals surface area contributed by atoms with Crippen molar-refractivity contribution in [3.63, 3.8) is 0 Å². The van der Waals surface area contributed by atoms with E-state index in [4.69, 9.17) is 0 Å². The summed E-state index contributed by atoms with van der Waals surface area (Å²) < 4.78 is 306. The van der Waals surface area contributed by atoms with Crippen LogP contribution in [0.4, 0.5) is 101 Å². The van der Waals surface area contributed by atoms with Gasteiger partial charge in [-0.25, -0.2) is 0 Å². The smallest absolute Gasteiger partial charge is 0.347 e. The molecule has 0 aliphatic rings. The minimum atomic E-state index is -8.74. The molecule has 0 spiro atoms. The quantitative estimate of drug-likeness (QED) is 0.176. The van der Waals surface area contributed by atoms with Gasteiger partial charge in [-0.05, 0) is 0 Å². The summed E-state index contributed by atoms with van der Waals surface area (Å²) in [4.78, 5) is 11.3. The summed E-state index contributed by atoms with van der Waals surface area (Å²) in [5, 5.41) is 0.559. The fourth-order valence-corrected chi connectivity index (χ4v) is 1.97. The number of nitrogens with one attached hydrogen (secondary N) is 1. The van der Waals surface area contributed by atoms with Crippen LogP contribution in [0.1, 0.15) is 0 Å². The number of carbonyl (C=O) groups excluding carboxylic acids is 1. The molecular formula is C15H6F23NO4. The molecule has 0 radical (unpaired) electrons. The van der Waals surface area contributed by atoms with E-state index < -0.39 is 79.0 Å². The largest absolute Gasteiger partial charge is 0.462 e. The van der Waals surface area contributed by atoms with Crippen molar-refractivity contribution in [1.29, 1.82) is 0 Å². The Bertz CT molecular complexity index is 1010. The van der Waals surface area contributed by atoms with E-state index in [0.717, 1.165) is 9.47 Å². The zero-order valence-corrected chi connectivity index (χ0v) is 18.8. The van der Waals surface area contributed by atoms with Crippen LogP contribution in [0.5, 0.6) is 0 Å². The van der Waals surface area contributed by atoms with Crippen LogP contribution in [-0.4, -0.2) is 79.0 Å². The van der Waals surface area contributed by atoms with Gasteiger partial charge in [0.05, 0.1) is 0 Å². The summed E-state index contributed by atoms with van der Waals surface area (Å²) in [6.45, 7) is 1.20. The minimum Gasteiger partial charge on any atom is -0.347 e. The first-order chi connectivity index (χ1) is 18.4. The van der Waals surface area contributed by atoms with Gasteiger partial charge >= 0.3 is 66.5 Å². The molecule has 0 saturated carbocycles. The molecule has 256 valence electrons. The Balaban J connectivity index is 7.29. The number of alkyl halides is 23. The van der Waals surface area contributed by atoms with Crippen molar-refractivity contribution in [1.82, 2.24) is 5.32 Å². The number of ether oxygens (including phenoxy) is 3. The van der Waals surface area contributed by atoms with Gasteiger partial charge in [0.15, 0.2) is 0 Å². The molecule has 0 heterocycles. The number of hydrogen-bond donors (Lipinski definition) is 1. The second-order valence-electron chi connectivity index (χ2n) is 7.21. The third-order valence-corrected chi connectivity index (χ3v) is 4.07. The van der Waals surface area contributed by atoms with Gasteiger partial charge in [0.1, 0.15) is 0 Å². The number of halogens is 23.